The van der Waals surface area contributed by atoms with Crippen molar-refractivity contribution < 1.29 is 30.8 Å². The van der Waals surface area contributed by atoms with Crippen LogP contribution in [0.5, 0.6) is 5.75 Å². The van der Waals surface area contributed by atoms with E-state index in [2.05, 4.69) is 4.10 Å². The zero-order chi connectivity index (χ0) is 21.1. The topological polar surface area (TPSA) is 63.6 Å². The minimum atomic E-state index is -5.74. The fraction of sp³-hybridized carbons (Fsp3) is 0.684. The predicted octanol–water partition coefficient (Wildman–Crippen LogP) is 5.10. The van der Waals surface area contributed by atoms with Crippen molar-refractivity contribution >= 4 is 29.8 Å². The first-order valence-electron chi connectivity index (χ1n) is 10.2. The fourth-order valence-electron chi connectivity index (χ4n) is 4.91. The SMILES string of the molecule is O=S(=O)(O[B-][P+](c1ccccc1O)(C1CCCCC1)C1CCCCC1)C(F)(F)F. The molecule has 29 heavy (non-hydrogen) atoms. The predicted molar refractivity (Wildman–Crippen MR) is 110 cm³/mol. The van der Waals surface area contributed by atoms with E-state index >= 15 is 0 Å². The van der Waals surface area contributed by atoms with Gasteiger partial charge in [-0.05, 0) is 63.5 Å². The summed E-state index contributed by atoms with van der Waals surface area (Å²) in [6.45, 7) is 0. The van der Waals surface area contributed by atoms with Crippen LogP contribution in [0.15, 0.2) is 24.3 Å². The van der Waals surface area contributed by atoms with Crippen LogP contribution < -0.4 is 5.30 Å². The maximum absolute atomic E-state index is 13.0. The van der Waals surface area contributed by atoms with Crippen molar-refractivity contribution in [1.82, 2.24) is 0 Å². The van der Waals surface area contributed by atoms with E-state index in [9.17, 15) is 26.7 Å². The first-order chi connectivity index (χ1) is 13.7. The number of alkyl halides is 3. The first kappa shape index (κ1) is 22.9. The van der Waals surface area contributed by atoms with Crippen molar-refractivity contribution in [2.45, 2.75) is 81.0 Å². The van der Waals surface area contributed by atoms with E-state index in [0.29, 0.717) is 5.30 Å². The van der Waals surface area contributed by atoms with E-state index in [0.717, 1.165) is 71.4 Å². The second kappa shape index (κ2) is 9.15. The summed E-state index contributed by atoms with van der Waals surface area (Å²) in [6.07, 6.45) is 9.16. The Balaban J connectivity index is 2.09. The van der Waals surface area contributed by atoms with Gasteiger partial charge in [0.05, 0.1) is 5.30 Å². The molecule has 3 rings (SSSR count). The second-order valence-corrected chi connectivity index (χ2v) is 13.4. The third-order valence-corrected chi connectivity index (χ3v) is 12.5. The minimum absolute atomic E-state index is 0.0150. The summed E-state index contributed by atoms with van der Waals surface area (Å²) in [7, 11) is -7.39. The van der Waals surface area contributed by atoms with Gasteiger partial charge in [-0.1, -0.05) is 25.0 Å². The number of aromatic hydroxyl groups is 1. The van der Waals surface area contributed by atoms with E-state index in [-0.39, 0.29) is 17.1 Å². The van der Waals surface area contributed by atoms with Crippen molar-refractivity contribution in [3.63, 3.8) is 0 Å². The molecule has 0 heterocycles. The molecule has 0 atom stereocenters. The van der Waals surface area contributed by atoms with Crippen LogP contribution in [0.1, 0.15) is 64.2 Å². The summed E-state index contributed by atoms with van der Waals surface area (Å²) in [5.74, 6) is 0.0150. The van der Waals surface area contributed by atoms with Gasteiger partial charge in [0, 0.05) is 11.3 Å². The third-order valence-electron chi connectivity index (χ3n) is 6.28. The Morgan fingerprint density at radius 3 is 1.86 bits per heavy atom. The summed E-state index contributed by atoms with van der Waals surface area (Å²) < 4.78 is 67.2. The number of phenolic OH excluding ortho intramolecular Hbond substituents is 1. The number of phenols is 1. The molecule has 2 aliphatic rings. The molecule has 4 nitrogen and oxygen atoms in total. The number of para-hydroxylation sites is 1. The number of benzene rings is 1. The van der Waals surface area contributed by atoms with E-state index in [1.54, 1.807) is 18.2 Å². The third kappa shape index (κ3) is 4.77. The van der Waals surface area contributed by atoms with E-state index < -0.39 is 22.8 Å². The van der Waals surface area contributed by atoms with Crippen LogP contribution in [-0.4, -0.2) is 37.6 Å². The molecule has 2 saturated carbocycles. The first-order valence-corrected chi connectivity index (χ1v) is 13.6. The molecule has 2 fully saturated rings. The van der Waals surface area contributed by atoms with Crippen LogP contribution >= 0.6 is 7.14 Å². The van der Waals surface area contributed by atoms with E-state index in [1.165, 1.54) is 6.07 Å². The molecule has 0 spiro atoms. The van der Waals surface area contributed by atoms with Crippen LogP contribution in [0.25, 0.3) is 0 Å². The van der Waals surface area contributed by atoms with Gasteiger partial charge in [0.25, 0.3) is 0 Å². The fourth-order valence-corrected chi connectivity index (χ4v) is 11.1. The molecule has 0 bridgehead atoms. The largest absolute Gasteiger partial charge is 0.518 e. The molecule has 1 N–H and O–H groups in total. The molecule has 0 aromatic heterocycles. The van der Waals surface area contributed by atoms with Crippen molar-refractivity contribution in [2.24, 2.45) is 0 Å². The molecule has 2 radical (unpaired) electrons. The lowest BCUT2D eigenvalue weighted by Crippen LogP contribution is -2.40. The normalized spacial score (nSPS) is 20.7. The lowest BCUT2D eigenvalue weighted by Gasteiger charge is -2.51. The molecular weight excluding hydrogens is 423 g/mol. The quantitative estimate of drug-likeness (QED) is 0.372. The number of halogens is 3. The van der Waals surface area contributed by atoms with Gasteiger partial charge in [-0.25, -0.2) is 0 Å². The van der Waals surface area contributed by atoms with Crippen LogP contribution in [0, 0.1) is 0 Å². The van der Waals surface area contributed by atoms with Crippen molar-refractivity contribution in [3.8, 4) is 5.75 Å². The molecule has 10 heteroatoms. The van der Waals surface area contributed by atoms with Gasteiger partial charge in [-0.3, -0.25) is 0 Å². The van der Waals surface area contributed by atoms with Gasteiger partial charge >= 0.3 is 15.6 Å². The van der Waals surface area contributed by atoms with Gasteiger partial charge < -0.3 is 9.21 Å². The average molecular weight is 450 g/mol. The van der Waals surface area contributed by atoms with Crippen LogP contribution in [0.2, 0.25) is 0 Å². The minimum Gasteiger partial charge on any atom is -0.504 e. The zero-order valence-corrected chi connectivity index (χ0v) is 18.0. The molecule has 0 amide bonds. The maximum atomic E-state index is 13.0. The molecule has 0 saturated heterocycles. The van der Waals surface area contributed by atoms with Crippen LogP contribution in [0.3, 0.4) is 0 Å². The Labute approximate surface area is 171 Å². The van der Waals surface area contributed by atoms with Gasteiger partial charge in [0.15, 0.2) is 5.75 Å². The highest BCUT2D eigenvalue weighted by Gasteiger charge is 2.50. The molecular formula is C19H27BF3O4PS. The second-order valence-electron chi connectivity index (χ2n) is 8.01. The molecule has 162 valence electrons. The highest BCUT2D eigenvalue weighted by molar-refractivity contribution is 8.08. The van der Waals surface area contributed by atoms with Crippen molar-refractivity contribution in [1.29, 1.82) is 0 Å². The van der Waals surface area contributed by atoms with Crippen molar-refractivity contribution in [2.75, 3.05) is 0 Å². The van der Waals surface area contributed by atoms with Crippen LogP contribution in [-0.2, 0) is 14.2 Å². The van der Waals surface area contributed by atoms with Gasteiger partial charge in [0.2, 0.25) is 0 Å². The Kier molecular flexibility index (Phi) is 7.22. The van der Waals surface area contributed by atoms with Crippen LogP contribution in [0.4, 0.5) is 13.2 Å². The van der Waals surface area contributed by atoms with E-state index in [1.807, 2.05) is 0 Å². The number of hydrogen-bond donors (Lipinski definition) is 1. The summed E-state index contributed by atoms with van der Waals surface area (Å²) in [5, 5.41) is 11.3. The smallest absolute Gasteiger partial charge is 0.504 e. The molecule has 2 aliphatic carbocycles. The maximum Gasteiger partial charge on any atom is 0.518 e. The monoisotopic (exact) mass is 450 g/mol. The molecule has 1 aromatic rings. The Morgan fingerprint density at radius 2 is 1.41 bits per heavy atom. The zero-order valence-electron chi connectivity index (χ0n) is 16.3. The van der Waals surface area contributed by atoms with E-state index in [4.69, 9.17) is 0 Å². The Morgan fingerprint density at radius 1 is 0.931 bits per heavy atom. The summed E-state index contributed by atoms with van der Waals surface area (Å²) in [5.41, 5.74) is -5.43. The summed E-state index contributed by atoms with van der Waals surface area (Å²) >= 11 is 0. The van der Waals surface area contributed by atoms with Gasteiger partial charge in [-0.15, -0.1) is 7.14 Å². The standard InChI is InChI=1S/C19H26BF3O4PS/c21-19(22,23)29(25,26)27-20-28(15-9-3-1-4-10-15,16-11-5-2-6-12-16)18-14-8-7-13-17(18)24/h7-8,13-16H,1-6,9-12H2/q-1/p+1. The number of rotatable bonds is 6. The van der Waals surface area contributed by atoms with Gasteiger partial charge in [-0.2, -0.15) is 21.6 Å². The van der Waals surface area contributed by atoms with Crippen molar-refractivity contribution in [3.05, 3.63) is 24.3 Å². The lowest BCUT2D eigenvalue weighted by atomic mass is 9.99. The highest BCUT2D eigenvalue weighted by atomic mass is 32.2. The molecule has 0 unspecified atom stereocenters. The number of hydrogen-bond acceptors (Lipinski definition) is 4. The van der Waals surface area contributed by atoms with Gasteiger partial charge in [0.1, 0.15) is 7.20 Å². The lowest BCUT2D eigenvalue weighted by molar-refractivity contribution is -0.0498. The Bertz CT molecular complexity index is 773. The summed E-state index contributed by atoms with van der Waals surface area (Å²) in [6, 6.07) is 6.69. The average Bonchev–Trinajstić information content (AvgIpc) is 2.70. The molecule has 1 aromatic carbocycles. The Hall–Kier alpha value is -0.785. The highest BCUT2D eigenvalue weighted by Crippen LogP contribution is 2.71. The summed E-state index contributed by atoms with van der Waals surface area (Å²) in [4.78, 5) is 0. The molecule has 0 aliphatic heterocycles.